The van der Waals surface area contributed by atoms with Gasteiger partial charge in [-0.05, 0) is 62.1 Å². The molecular weight excluding hydrogens is 556 g/mol. The number of aliphatic hydroxyl groups is 1. The molecule has 1 aromatic heterocycles. The molecule has 2 aliphatic rings. The maximum atomic E-state index is 14.3. The number of aliphatic hydroxyl groups excluding tert-OH is 1. The van der Waals surface area contributed by atoms with E-state index < -0.39 is 25.4 Å². The molecule has 0 saturated carbocycles. The third-order valence-corrected chi connectivity index (χ3v) is 7.22. The molecule has 2 aromatic rings. The zero-order valence-electron chi connectivity index (χ0n) is 22.8. The van der Waals surface area contributed by atoms with Crippen LogP contribution in [0.25, 0.3) is 10.9 Å². The maximum Gasteiger partial charge on any atom is 0.406 e. The molecule has 224 valence electrons. The van der Waals surface area contributed by atoms with E-state index in [-0.39, 0.29) is 29.4 Å². The Hall–Kier alpha value is -2.33. The van der Waals surface area contributed by atoms with Crippen molar-refractivity contribution in [3.05, 3.63) is 41.9 Å². The Kier molecular flexibility index (Phi) is 14.2. The molecular formula is C28H37F6N3O2S. The molecule has 4 rings (SSSR count). The quantitative estimate of drug-likeness (QED) is 0.257. The van der Waals surface area contributed by atoms with Crippen LogP contribution in [0, 0.1) is 11.8 Å². The SMILES string of the molecule is CC.CSC1C=C(F)C(NCC#Cc2cc3c(NC4CCOCC4)cccc3n2CC(F)(F)F)CC1.OC(F)F. The van der Waals surface area contributed by atoms with Gasteiger partial charge < -0.3 is 19.7 Å². The Bertz CT molecular complexity index is 1130. The second kappa shape index (κ2) is 16.8. The summed E-state index contributed by atoms with van der Waals surface area (Å²) in [6, 6.07) is 6.86. The molecule has 0 spiro atoms. The lowest BCUT2D eigenvalue weighted by Gasteiger charge is -2.24. The van der Waals surface area contributed by atoms with E-state index in [1.54, 1.807) is 36.0 Å². The highest BCUT2D eigenvalue weighted by molar-refractivity contribution is 7.99. The molecule has 5 nitrogen and oxygen atoms in total. The highest BCUT2D eigenvalue weighted by Gasteiger charge is 2.30. The standard InChI is InChI=1S/C25H29F4N3OS.C2H6.CH2F2O/c1-34-19-7-8-23(21(26)15-19)30-11-3-4-18-14-20-22(31-17-9-12-33-13-10-17)5-2-6-24(20)32(18)16-25(27,28)29;1-2;2-1(3)4/h2,5-6,14-15,17,19,23,30-31H,7-13,16H2,1H3;1-2H3;1,4H. The van der Waals surface area contributed by atoms with Gasteiger partial charge >= 0.3 is 12.8 Å². The molecule has 12 heteroatoms. The van der Waals surface area contributed by atoms with Crippen molar-refractivity contribution in [1.29, 1.82) is 0 Å². The average molecular weight is 594 g/mol. The van der Waals surface area contributed by atoms with E-state index in [1.165, 1.54) is 4.57 Å². The van der Waals surface area contributed by atoms with Crippen LogP contribution in [-0.2, 0) is 11.3 Å². The number of alkyl halides is 5. The topological polar surface area (TPSA) is 58.5 Å². The van der Waals surface area contributed by atoms with Gasteiger partial charge in [0.2, 0.25) is 0 Å². The van der Waals surface area contributed by atoms with E-state index in [1.807, 2.05) is 26.2 Å². The fourth-order valence-electron chi connectivity index (χ4n) is 4.47. The zero-order valence-corrected chi connectivity index (χ0v) is 23.6. The lowest BCUT2D eigenvalue weighted by Crippen LogP contribution is -2.33. The molecule has 3 N–H and O–H groups in total. The number of thioether (sulfide) groups is 1. The summed E-state index contributed by atoms with van der Waals surface area (Å²) < 4.78 is 80.8. The van der Waals surface area contributed by atoms with Gasteiger partial charge in [-0.2, -0.15) is 33.7 Å². The van der Waals surface area contributed by atoms with E-state index in [0.717, 1.165) is 24.9 Å². The summed E-state index contributed by atoms with van der Waals surface area (Å²) in [5, 5.41) is 14.2. The number of anilines is 1. The minimum atomic E-state index is -4.38. The van der Waals surface area contributed by atoms with Crippen LogP contribution in [0.4, 0.5) is 32.0 Å². The summed E-state index contributed by atoms with van der Waals surface area (Å²) in [6.45, 7) is 1.24. The van der Waals surface area contributed by atoms with Crippen molar-refractivity contribution in [2.45, 2.75) is 76.2 Å². The van der Waals surface area contributed by atoms with Gasteiger partial charge in [-0.15, -0.1) is 0 Å². The monoisotopic (exact) mass is 593 g/mol. The molecule has 1 aliphatic heterocycles. The summed E-state index contributed by atoms with van der Waals surface area (Å²) >= 11 is 1.62. The van der Waals surface area contributed by atoms with Crippen LogP contribution < -0.4 is 10.6 Å². The van der Waals surface area contributed by atoms with Gasteiger partial charge in [-0.3, -0.25) is 5.32 Å². The molecule has 2 atom stereocenters. The summed E-state index contributed by atoms with van der Waals surface area (Å²) in [4.78, 5) is 0. The average Bonchev–Trinajstić information content (AvgIpc) is 3.25. The lowest BCUT2D eigenvalue weighted by molar-refractivity contribution is -0.140. The third kappa shape index (κ3) is 10.9. The van der Waals surface area contributed by atoms with Gasteiger partial charge in [0.15, 0.2) is 0 Å². The Morgan fingerprint density at radius 2 is 1.82 bits per heavy atom. The fraction of sp³-hybridized carbons (Fsp3) is 0.571. The maximum absolute atomic E-state index is 14.3. The molecule has 40 heavy (non-hydrogen) atoms. The largest absolute Gasteiger partial charge is 0.406 e. The minimum Gasteiger partial charge on any atom is -0.382 e. The van der Waals surface area contributed by atoms with Gasteiger partial charge in [-0.25, -0.2) is 4.39 Å². The lowest BCUT2D eigenvalue weighted by atomic mass is 10.0. The molecule has 2 heterocycles. The third-order valence-electron chi connectivity index (χ3n) is 6.24. The summed E-state index contributed by atoms with van der Waals surface area (Å²) in [5.74, 6) is 5.59. The van der Waals surface area contributed by atoms with E-state index in [9.17, 15) is 26.3 Å². The number of benzene rings is 1. The van der Waals surface area contributed by atoms with E-state index in [4.69, 9.17) is 9.84 Å². The first-order chi connectivity index (χ1) is 19.1. The Balaban J connectivity index is 0.000000858. The van der Waals surface area contributed by atoms with Crippen LogP contribution in [0.15, 0.2) is 36.2 Å². The van der Waals surface area contributed by atoms with Crippen LogP contribution in [0.1, 0.15) is 45.2 Å². The number of ether oxygens (including phenoxy) is 1. The number of fused-ring (bicyclic) bond motifs is 1. The van der Waals surface area contributed by atoms with Crippen LogP contribution in [0.5, 0.6) is 0 Å². The second-order valence-electron chi connectivity index (χ2n) is 8.92. The highest BCUT2D eigenvalue weighted by Crippen LogP contribution is 2.31. The Morgan fingerprint density at radius 3 is 2.42 bits per heavy atom. The molecule has 1 aliphatic carbocycles. The summed E-state index contributed by atoms with van der Waals surface area (Å²) in [6.07, 6.45) is 2.46. The van der Waals surface area contributed by atoms with Crippen molar-refractivity contribution in [3.8, 4) is 11.8 Å². The fourth-order valence-corrected chi connectivity index (χ4v) is 5.10. The number of rotatable bonds is 6. The van der Waals surface area contributed by atoms with Crippen molar-refractivity contribution >= 4 is 28.4 Å². The number of hydrogen-bond donors (Lipinski definition) is 3. The normalized spacial score (nSPS) is 19.5. The Morgan fingerprint density at radius 1 is 1.15 bits per heavy atom. The van der Waals surface area contributed by atoms with Crippen LogP contribution in [0.3, 0.4) is 0 Å². The van der Waals surface area contributed by atoms with Crippen LogP contribution in [0.2, 0.25) is 0 Å². The molecule has 1 aromatic carbocycles. The predicted molar refractivity (Wildman–Crippen MR) is 149 cm³/mol. The number of halogens is 6. The molecule has 2 unspecified atom stereocenters. The number of nitrogens with zero attached hydrogens (tertiary/aromatic N) is 1. The van der Waals surface area contributed by atoms with Crippen molar-refractivity contribution in [2.24, 2.45) is 0 Å². The van der Waals surface area contributed by atoms with Gasteiger partial charge in [0.25, 0.3) is 0 Å². The molecule has 0 bridgehead atoms. The first-order valence-corrected chi connectivity index (χ1v) is 14.5. The van der Waals surface area contributed by atoms with E-state index >= 15 is 0 Å². The highest BCUT2D eigenvalue weighted by atomic mass is 32.2. The minimum absolute atomic E-state index is 0.186. The van der Waals surface area contributed by atoms with Gasteiger partial charge in [0.1, 0.15) is 12.4 Å². The molecule has 1 saturated heterocycles. The predicted octanol–water partition coefficient (Wildman–Crippen LogP) is 6.71. The second-order valence-corrected chi connectivity index (χ2v) is 9.99. The summed E-state index contributed by atoms with van der Waals surface area (Å²) in [7, 11) is 0. The van der Waals surface area contributed by atoms with Crippen LogP contribution >= 0.6 is 11.8 Å². The smallest absolute Gasteiger partial charge is 0.382 e. The molecule has 0 amide bonds. The first kappa shape index (κ1) is 33.9. The molecule has 1 fully saturated rings. The molecule has 0 radical (unpaired) electrons. The van der Waals surface area contributed by atoms with Crippen LogP contribution in [-0.4, -0.2) is 65.8 Å². The van der Waals surface area contributed by atoms with Crippen molar-refractivity contribution in [2.75, 3.05) is 31.3 Å². The summed E-state index contributed by atoms with van der Waals surface area (Å²) in [5.41, 5.74) is 1.57. The van der Waals surface area contributed by atoms with E-state index in [2.05, 4.69) is 22.5 Å². The van der Waals surface area contributed by atoms with E-state index in [0.29, 0.717) is 30.5 Å². The number of nitrogens with one attached hydrogen (secondary N) is 2. The van der Waals surface area contributed by atoms with Gasteiger partial charge in [-0.1, -0.05) is 25.8 Å². The number of hydrogen-bond acceptors (Lipinski definition) is 5. The van der Waals surface area contributed by atoms with Gasteiger partial charge in [0.05, 0.1) is 23.8 Å². The van der Waals surface area contributed by atoms with Crippen molar-refractivity contribution in [3.63, 3.8) is 0 Å². The Labute approximate surface area is 235 Å². The zero-order chi connectivity index (χ0) is 29.7. The first-order valence-electron chi connectivity index (χ1n) is 13.2. The van der Waals surface area contributed by atoms with Crippen molar-refractivity contribution < 1.29 is 36.2 Å². The van der Waals surface area contributed by atoms with Gasteiger partial charge in [0, 0.05) is 35.6 Å². The number of aromatic nitrogens is 1. The van der Waals surface area contributed by atoms with Crippen molar-refractivity contribution in [1.82, 2.24) is 9.88 Å².